The molecule has 1 aliphatic heterocycles. The van der Waals surface area contributed by atoms with Crippen molar-refractivity contribution in [2.75, 3.05) is 13.2 Å². The van der Waals surface area contributed by atoms with Gasteiger partial charge in [-0.15, -0.1) is 12.3 Å². The predicted molar refractivity (Wildman–Crippen MR) is 83.2 cm³/mol. The summed E-state index contributed by atoms with van der Waals surface area (Å²) in [7, 11) is 0. The van der Waals surface area contributed by atoms with Gasteiger partial charge in [-0.3, -0.25) is 0 Å². The number of terminal acetylenes is 1. The normalized spacial score (nSPS) is 35.2. The van der Waals surface area contributed by atoms with Crippen LogP contribution in [0.1, 0.15) is 6.42 Å². The van der Waals surface area contributed by atoms with E-state index >= 15 is 0 Å². The Labute approximate surface area is 149 Å². The quantitative estimate of drug-likeness (QED) is 0.172. The Morgan fingerprint density at radius 3 is 2.04 bits per heavy atom. The molecule has 0 bridgehead atoms. The number of aliphatic hydroxyl groups is 9. The molecule has 11 heteroatoms. The summed E-state index contributed by atoms with van der Waals surface area (Å²) in [5, 5.41) is 87.2. The lowest BCUT2D eigenvalue weighted by molar-refractivity contribution is -0.328. The first kappa shape index (κ1) is 23.2. The number of rotatable bonds is 9. The lowest BCUT2D eigenvalue weighted by Crippen LogP contribution is -2.62. The van der Waals surface area contributed by atoms with Gasteiger partial charge >= 0.3 is 0 Å². The van der Waals surface area contributed by atoms with E-state index in [9.17, 15) is 35.7 Å². The Hall–Kier alpha value is -0.880. The van der Waals surface area contributed by atoms with Gasteiger partial charge in [-0.1, -0.05) is 0 Å². The second-order valence-electron chi connectivity index (χ2n) is 6.00. The van der Waals surface area contributed by atoms with Crippen molar-refractivity contribution in [3.05, 3.63) is 0 Å². The topological polar surface area (TPSA) is 201 Å². The van der Waals surface area contributed by atoms with E-state index in [1.54, 1.807) is 0 Å². The summed E-state index contributed by atoms with van der Waals surface area (Å²) in [6, 6.07) is 0. The van der Waals surface area contributed by atoms with Gasteiger partial charge in [0.1, 0.15) is 48.8 Å². The molecule has 0 aromatic rings. The van der Waals surface area contributed by atoms with Gasteiger partial charge in [0.15, 0.2) is 6.29 Å². The Morgan fingerprint density at radius 1 is 0.923 bits per heavy atom. The van der Waals surface area contributed by atoms with E-state index in [1.807, 2.05) is 0 Å². The van der Waals surface area contributed by atoms with Crippen LogP contribution in [0.15, 0.2) is 0 Å². The first-order valence-electron chi connectivity index (χ1n) is 7.92. The molecule has 152 valence electrons. The fraction of sp³-hybridized carbons (Fsp3) is 0.867. The van der Waals surface area contributed by atoms with Gasteiger partial charge in [0.25, 0.3) is 0 Å². The van der Waals surface area contributed by atoms with Crippen molar-refractivity contribution < 1.29 is 55.4 Å². The molecule has 1 saturated heterocycles. The fourth-order valence-electron chi connectivity index (χ4n) is 2.50. The van der Waals surface area contributed by atoms with Gasteiger partial charge < -0.3 is 55.4 Å². The third-order valence-corrected chi connectivity index (χ3v) is 4.11. The maximum Gasteiger partial charge on any atom is 0.187 e. The van der Waals surface area contributed by atoms with Gasteiger partial charge in [-0.25, -0.2) is 0 Å². The molecule has 1 rings (SSSR count). The zero-order valence-corrected chi connectivity index (χ0v) is 13.8. The summed E-state index contributed by atoms with van der Waals surface area (Å²) < 4.78 is 10.3. The standard InChI is InChI=1S/C15H26O11/c1-2-3-6(18)9(20)12(23)14(7(19)4-16)26-15-13(24)11(22)10(21)8(5-17)25-15/h1,6-24H,3-5H2/t6-,7-,8-,9+,10+,11+,12-,13-,14-,15+/m1/s1. The second-order valence-corrected chi connectivity index (χ2v) is 6.00. The zero-order valence-electron chi connectivity index (χ0n) is 13.8. The van der Waals surface area contributed by atoms with Crippen LogP contribution in [0, 0.1) is 12.3 Å². The summed E-state index contributed by atoms with van der Waals surface area (Å²) in [6.45, 7) is -1.65. The van der Waals surface area contributed by atoms with Crippen molar-refractivity contribution in [2.24, 2.45) is 0 Å². The smallest absolute Gasteiger partial charge is 0.187 e. The van der Waals surface area contributed by atoms with Crippen LogP contribution in [0.25, 0.3) is 0 Å². The minimum Gasteiger partial charge on any atom is -0.394 e. The van der Waals surface area contributed by atoms with E-state index in [0.717, 1.165) is 0 Å². The molecule has 0 aromatic heterocycles. The predicted octanol–water partition coefficient (Wildman–Crippen LogP) is -5.37. The van der Waals surface area contributed by atoms with Crippen LogP contribution >= 0.6 is 0 Å². The van der Waals surface area contributed by atoms with Gasteiger partial charge in [-0.2, -0.15) is 0 Å². The highest BCUT2D eigenvalue weighted by molar-refractivity contribution is 4.95. The third-order valence-electron chi connectivity index (χ3n) is 4.11. The number of hydrogen-bond donors (Lipinski definition) is 9. The Kier molecular flexibility index (Phi) is 9.31. The van der Waals surface area contributed by atoms with E-state index < -0.39 is 74.4 Å². The van der Waals surface area contributed by atoms with Crippen molar-refractivity contribution in [3.63, 3.8) is 0 Å². The molecule has 0 aromatic carbocycles. The number of hydrogen-bond acceptors (Lipinski definition) is 11. The fourth-order valence-corrected chi connectivity index (χ4v) is 2.50. The SMILES string of the molecule is C#CC[C@@H](O)[C@H](O)[C@@H](O)[C@H](O[C@@H]1O[C@H](CO)[C@H](O)[C@H](O)[C@H]1O)[C@H](O)CO. The Bertz CT molecular complexity index is 453. The van der Waals surface area contributed by atoms with Crippen molar-refractivity contribution in [2.45, 2.75) is 67.6 Å². The van der Waals surface area contributed by atoms with Gasteiger partial charge in [-0.05, 0) is 0 Å². The van der Waals surface area contributed by atoms with Crippen LogP contribution in [0.4, 0.5) is 0 Å². The average molecular weight is 382 g/mol. The molecule has 26 heavy (non-hydrogen) atoms. The van der Waals surface area contributed by atoms with E-state index in [0.29, 0.717) is 0 Å². The summed E-state index contributed by atoms with van der Waals surface area (Å²) in [5.41, 5.74) is 0. The highest BCUT2D eigenvalue weighted by atomic mass is 16.7. The molecule has 9 N–H and O–H groups in total. The summed E-state index contributed by atoms with van der Waals surface area (Å²) in [5.74, 6) is 2.07. The molecule has 0 radical (unpaired) electrons. The number of aliphatic hydroxyl groups excluding tert-OH is 9. The van der Waals surface area contributed by atoms with Crippen molar-refractivity contribution in [3.8, 4) is 12.3 Å². The third kappa shape index (κ3) is 5.32. The van der Waals surface area contributed by atoms with E-state index in [-0.39, 0.29) is 6.42 Å². The van der Waals surface area contributed by atoms with Crippen molar-refractivity contribution in [1.29, 1.82) is 0 Å². The Balaban J connectivity index is 2.94. The molecule has 0 amide bonds. The van der Waals surface area contributed by atoms with Gasteiger partial charge in [0.2, 0.25) is 0 Å². The summed E-state index contributed by atoms with van der Waals surface area (Å²) in [6.07, 6.45) is -12.6. The lowest BCUT2D eigenvalue weighted by atomic mass is 9.96. The molecule has 11 nitrogen and oxygen atoms in total. The van der Waals surface area contributed by atoms with Crippen LogP contribution in [0.3, 0.4) is 0 Å². The molecule has 0 spiro atoms. The van der Waals surface area contributed by atoms with E-state index in [2.05, 4.69) is 5.92 Å². The Morgan fingerprint density at radius 2 is 1.54 bits per heavy atom. The van der Waals surface area contributed by atoms with Crippen LogP contribution in [0.5, 0.6) is 0 Å². The van der Waals surface area contributed by atoms with Crippen molar-refractivity contribution in [1.82, 2.24) is 0 Å². The molecule has 1 heterocycles. The van der Waals surface area contributed by atoms with Crippen molar-refractivity contribution >= 4 is 0 Å². The van der Waals surface area contributed by atoms with Crippen LogP contribution < -0.4 is 0 Å². The van der Waals surface area contributed by atoms with Crippen LogP contribution in [-0.2, 0) is 9.47 Å². The monoisotopic (exact) mass is 382 g/mol. The highest BCUT2D eigenvalue weighted by Gasteiger charge is 2.47. The summed E-state index contributed by atoms with van der Waals surface area (Å²) >= 11 is 0. The molecular weight excluding hydrogens is 356 g/mol. The maximum absolute atomic E-state index is 10.2. The second kappa shape index (κ2) is 10.5. The average Bonchev–Trinajstić information content (AvgIpc) is 2.64. The molecule has 1 fully saturated rings. The minimum atomic E-state index is -1.96. The van der Waals surface area contributed by atoms with E-state index in [4.69, 9.17) is 26.1 Å². The first-order valence-corrected chi connectivity index (χ1v) is 7.92. The maximum atomic E-state index is 10.2. The minimum absolute atomic E-state index is 0.319. The molecule has 0 unspecified atom stereocenters. The number of ether oxygens (including phenoxy) is 2. The largest absolute Gasteiger partial charge is 0.394 e. The molecular formula is C15H26O11. The van der Waals surface area contributed by atoms with Crippen LogP contribution in [-0.4, -0.2) is 120 Å². The molecule has 10 atom stereocenters. The molecule has 1 aliphatic rings. The lowest BCUT2D eigenvalue weighted by Gasteiger charge is -2.42. The van der Waals surface area contributed by atoms with Gasteiger partial charge in [0.05, 0.1) is 19.3 Å². The first-order chi connectivity index (χ1) is 12.2. The molecule has 0 aliphatic carbocycles. The summed E-state index contributed by atoms with van der Waals surface area (Å²) in [4.78, 5) is 0. The highest BCUT2D eigenvalue weighted by Crippen LogP contribution is 2.25. The van der Waals surface area contributed by atoms with Gasteiger partial charge in [0, 0.05) is 6.42 Å². The zero-order chi connectivity index (χ0) is 20.0. The molecule has 0 saturated carbocycles. The van der Waals surface area contributed by atoms with E-state index in [1.165, 1.54) is 0 Å². The van der Waals surface area contributed by atoms with Crippen LogP contribution in [0.2, 0.25) is 0 Å².